The number of hydrogen-bond donors (Lipinski definition) is 1. The second-order valence-corrected chi connectivity index (χ2v) is 11.2. The van der Waals surface area contributed by atoms with E-state index in [9.17, 15) is 17.4 Å². The van der Waals surface area contributed by atoms with Gasteiger partial charge in [-0.05, 0) is 36.2 Å². The average molecular weight is 471 g/mol. The highest BCUT2D eigenvalue weighted by Gasteiger charge is 2.30. The molecule has 10 heteroatoms. The van der Waals surface area contributed by atoms with Crippen molar-refractivity contribution in [3.05, 3.63) is 48.4 Å². The zero-order valence-corrected chi connectivity index (χ0v) is 19.6. The molecular weight excluding hydrogens is 441 g/mol. The van der Waals surface area contributed by atoms with E-state index in [4.69, 9.17) is 4.74 Å². The Morgan fingerprint density at radius 1 is 1.23 bits per heavy atom. The van der Waals surface area contributed by atoms with Gasteiger partial charge in [0.1, 0.15) is 16.8 Å². The van der Waals surface area contributed by atoms with E-state index < -0.39 is 27.2 Å². The molecule has 0 amide bonds. The Morgan fingerprint density at radius 2 is 1.87 bits per heavy atom. The average Bonchev–Trinajstić information content (AvgIpc) is 2.73. The van der Waals surface area contributed by atoms with Crippen molar-refractivity contribution in [2.45, 2.75) is 37.7 Å². The number of rotatable bonds is 8. The minimum Gasteiger partial charge on any atom is -0.474 e. The lowest BCUT2D eigenvalue weighted by Gasteiger charge is -2.27. The van der Waals surface area contributed by atoms with Crippen LogP contribution in [0.2, 0.25) is 0 Å². The molecule has 2 heterocycles. The number of piperidine rings is 1. The highest BCUT2D eigenvalue weighted by atomic mass is 32.2. The molecule has 0 radical (unpaired) electrons. The van der Waals surface area contributed by atoms with Crippen molar-refractivity contribution in [2.24, 2.45) is 5.92 Å². The van der Waals surface area contributed by atoms with Crippen molar-refractivity contribution in [1.29, 1.82) is 0 Å². The van der Waals surface area contributed by atoms with E-state index in [-0.39, 0.29) is 23.5 Å². The SMILES string of the molecule is CC(C)CN(c1ccc(F)cc1)S(=O)(=O)c1ccc(OC2CCN([S+](C)O)CC2)nc1. The van der Waals surface area contributed by atoms with Gasteiger partial charge in [0.15, 0.2) is 6.26 Å². The molecule has 7 nitrogen and oxygen atoms in total. The summed E-state index contributed by atoms with van der Waals surface area (Å²) in [5.41, 5.74) is 0.404. The molecule has 1 aliphatic heterocycles. The number of pyridine rings is 1. The Kier molecular flexibility index (Phi) is 7.79. The van der Waals surface area contributed by atoms with E-state index >= 15 is 0 Å². The molecule has 1 atom stereocenters. The fourth-order valence-electron chi connectivity index (χ4n) is 3.38. The van der Waals surface area contributed by atoms with Gasteiger partial charge in [0, 0.05) is 25.5 Å². The molecule has 31 heavy (non-hydrogen) atoms. The van der Waals surface area contributed by atoms with E-state index in [0.717, 1.165) is 25.9 Å². The summed E-state index contributed by atoms with van der Waals surface area (Å²) >= 11 is -0.733. The van der Waals surface area contributed by atoms with Crippen LogP contribution in [0, 0.1) is 11.7 Å². The van der Waals surface area contributed by atoms with Crippen molar-refractivity contribution in [1.82, 2.24) is 9.29 Å². The Morgan fingerprint density at radius 3 is 2.39 bits per heavy atom. The molecule has 1 aliphatic rings. The Bertz CT molecular complexity index is 946. The molecule has 0 aliphatic carbocycles. The molecule has 170 valence electrons. The van der Waals surface area contributed by atoms with Crippen LogP contribution >= 0.6 is 0 Å². The van der Waals surface area contributed by atoms with Gasteiger partial charge in [-0.1, -0.05) is 18.2 Å². The van der Waals surface area contributed by atoms with Crippen molar-refractivity contribution in [3.8, 4) is 5.88 Å². The highest BCUT2D eigenvalue weighted by Crippen LogP contribution is 2.26. The fraction of sp³-hybridized carbons (Fsp3) is 0.476. The van der Waals surface area contributed by atoms with E-state index in [1.807, 2.05) is 18.2 Å². The maximum Gasteiger partial charge on any atom is 0.265 e. The number of hydrogen-bond acceptors (Lipinski definition) is 6. The predicted molar refractivity (Wildman–Crippen MR) is 121 cm³/mol. The molecule has 1 N–H and O–H groups in total. The van der Waals surface area contributed by atoms with Crippen molar-refractivity contribution >= 4 is 27.1 Å². The molecule has 0 saturated carbocycles. The predicted octanol–water partition coefficient (Wildman–Crippen LogP) is 3.55. The van der Waals surface area contributed by atoms with Crippen LogP contribution < -0.4 is 9.04 Å². The van der Waals surface area contributed by atoms with Gasteiger partial charge in [-0.15, -0.1) is 0 Å². The molecule has 0 spiro atoms. The third kappa shape index (κ3) is 6.09. The fourth-order valence-corrected chi connectivity index (χ4v) is 5.70. The lowest BCUT2D eigenvalue weighted by atomic mass is 10.1. The topological polar surface area (TPSA) is 83.0 Å². The summed E-state index contributed by atoms with van der Waals surface area (Å²) in [5.74, 6) is 0.0196. The summed E-state index contributed by atoms with van der Waals surface area (Å²) < 4.78 is 58.7. The summed E-state index contributed by atoms with van der Waals surface area (Å²) in [5, 5.41) is 0. The minimum absolute atomic E-state index is 0.0218. The van der Waals surface area contributed by atoms with Crippen LogP contribution in [0.15, 0.2) is 47.5 Å². The molecule has 3 rings (SSSR count). The molecule has 1 aromatic heterocycles. The number of benzene rings is 1. The summed E-state index contributed by atoms with van der Waals surface area (Å²) in [6, 6.07) is 8.46. The lowest BCUT2D eigenvalue weighted by molar-refractivity contribution is 0.130. The number of nitrogens with zero attached hydrogens (tertiary/aromatic N) is 3. The van der Waals surface area contributed by atoms with Crippen molar-refractivity contribution in [2.75, 3.05) is 30.2 Å². The summed E-state index contributed by atoms with van der Waals surface area (Å²) in [4.78, 5) is 4.26. The summed E-state index contributed by atoms with van der Waals surface area (Å²) in [6.45, 7) is 5.59. The first-order valence-electron chi connectivity index (χ1n) is 10.2. The Balaban J connectivity index is 1.74. The summed E-state index contributed by atoms with van der Waals surface area (Å²) in [7, 11) is -3.87. The van der Waals surface area contributed by atoms with E-state index in [1.165, 1.54) is 40.8 Å². The quantitative estimate of drug-likeness (QED) is 0.594. The van der Waals surface area contributed by atoms with Crippen molar-refractivity contribution < 1.29 is 22.1 Å². The van der Waals surface area contributed by atoms with Crippen LogP contribution in [0.25, 0.3) is 0 Å². The van der Waals surface area contributed by atoms with Gasteiger partial charge in [-0.3, -0.25) is 4.31 Å². The Hall–Kier alpha value is -1.88. The third-order valence-corrected chi connectivity index (χ3v) is 7.89. The van der Waals surface area contributed by atoms with E-state index in [2.05, 4.69) is 4.98 Å². The van der Waals surface area contributed by atoms with Crippen LogP contribution in [0.5, 0.6) is 5.88 Å². The van der Waals surface area contributed by atoms with Crippen LogP contribution in [-0.4, -0.2) is 54.3 Å². The number of anilines is 1. The zero-order chi connectivity index (χ0) is 22.6. The number of ether oxygens (including phenoxy) is 1. The van der Waals surface area contributed by atoms with Gasteiger partial charge in [-0.2, -0.15) is 4.55 Å². The maximum absolute atomic E-state index is 13.3. The molecule has 1 saturated heterocycles. The van der Waals surface area contributed by atoms with Crippen molar-refractivity contribution in [3.63, 3.8) is 0 Å². The second-order valence-electron chi connectivity index (χ2n) is 7.93. The van der Waals surface area contributed by atoms with Crippen LogP contribution in [0.3, 0.4) is 0 Å². The maximum atomic E-state index is 13.3. The third-order valence-electron chi connectivity index (χ3n) is 5.00. The first-order chi connectivity index (χ1) is 14.7. The first kappa shape index (κ1) is 23.8. The molecule has 2 aromatic rings. The molecule has 0 bridgehead atoms. The number of sulfonamides is 1. The van der Waals surface area contributed by atoms with Gasteiger partial charge in [-0.25, -0.2) is 17.8 Å². The van der Waals surface area contributed by atoms with Gasteiger partial charge in [0.05, 0.1) is 25.0 Å². The first-order valence-corrected chi connectivity index (χ1v) is 13.2. The second kappa shape index (κ2) is 10.2. The number of halogens is 1. The highest BCUT2D eigenvalue weighted by molar-refractivity contribution is 7.92. The standard InChI is InChI=1S/C21H29FN3O4S2/c1-16(2)15-25(18-6-4-17(22)5-7-18)31(27,28)20-8-9-21(23-14-20)29-19-10-12-24(13-11-19)30(3)26/h4-9,14,16,19,26H,10-13,15H2,1-3H3/q+1. The summed E-state index contributed by atoms with van der Waals surface area (Å²) in [6.07, 6.45) is 4.59. The van der Waals surface area contributed by atoms with Gasteiger partial charge in [0.2, 0.25) is 17.2 Å². The van der Waals surface area contributed by atoms with E-state index in [0.29, 0.717) is 11.6 Å². The molecule has 1 aromatic carbocycles. The molecule has 1 fully saturated rings. The van der Waals surface area contributed by atoms with Gasteiger partial charge in [0.25, 0.3) is 10.0 Å². The molecule has 1 unspecified atom stereocenters. The smallest absolute Gasteiger partial charge is 0.265 e. The van der Waals surface area contributed by atoms with Gasteiger partial charge < -0.3 is 4.74 Å². The van der Waals surface area contributed by atoms with Crippen LogP contribution in [0.4, 0.5) is 10.1 Å². The van der Waals surface area contributed by atoms with Gasteiger partial charge >= 0.3 is 0 Å². The normalized spacial score (nSPS) is 17.0. The minimum atomic E-state index is -3.87. The Labute approximate surface area is 186 Å². The largest absolute Gasteiger partial charge is 0.474 e. The monoisotopic (exact) mass is 470 g/mol. The van der Waals surface area contributed by atoms with E-state index in [1.54, 1.807) is 12.3 Å². The number of aromatic nitrogens is 1. The molecular formula is C21H29FN3O4S2+. The van der Waals surface area contributed by atoms with Crippen LogP contribution in [-0.2, 0) is 21.4 Å². The van der Waals surface area contributed by atoms with Crippen LogP contribution in [0.1, 0.15) is 26.7 Å². The zero-order valence-electron chi connectivity index (χ0n) is 17.9. The lowest BCUT2D eigenvalue weighted by Crippen LogP contribution is -2.41.